The fourth-order valence-corrected chi connectivity index (χ4v) is 3.80. The maximum Gasteiger partial charge on any atom is 0.0325 e. The van der Waals surface area contributed by atoms with Crippen molar-refractivity contribution >= 4 is 11.3 Å². The third kappa shape index (κ3) is 4.59. The predicted octanol–water partition coefficient (Wildman–Crippen LogP) is 3.62. The Balaban J connectivity index is 1.84. The second-order valence-electron chi connectivity index (χ2n) is 6.86. The number of hydrogen-bond donors (Lipinski definition) is 1. The summed E-state index contributed by atoms with van der Waals surface area (Å²) in [6, 6.07) is 5.30. The van der Waals surface area contributed by atoms with Crippen LogP contribution in [-0.4, -0.2) is 31.1 Å². The Morgan fingerprint density at radius 2 is 2.11 bits per heavy atom. The summed E-state index contributed by atoms with van der Waals surface area (Å²) in [7, 11) is 2.24. The maximum absolute atomic E-state index is 3.63. The van der Waals surface area contributed by atoms with Crippen molar-refractivity contribution in [3.8, 4) is 0 Å². The van der Waals surface area contributed by atoms with E-state index in [0.29, 0.717) is 6.04 Å². The standard InChI is InChI=1S/C16H28N2S/c1-16(2,3)15-9-8-14(19-15)12-18(4)11-13-7-5-6-10-17-13/h8-9,13,17H,5-7,10-12H2,1-4H3. The fourth-order valence-electron chi connectivity index (χ4n) is 2.65. The summed E-state index contributed by atoms with van der Waals surface area (Å²) in [6.45, 7) is 10.3. The highest BCUT2D eigenvalue weighted by atomic mass is 32.1. The molecule has 1 atom stereocenters. The van der Waals surface area contributed by atoms with E-state index in [9.17, 15) is 0 Å². The van der Waals surface area contributed by atoms with Crippen LogP contribution in [0.3, 0.4) is 0 Å². The Bertz CT molecular complexity index is 386. The van der Waals surface area contributed by atoms with Crippen LogP contribution in [0.4, 0.5) is 0 Å². The van der Waals surface area contributed by atoms with Gasteiger partial charge in [-0.3, -0.25) is 4.90 Å². The van der Waals surface area contributed by atoms with Gasteiger partial charge in [-0.15, -0.1) is 11.3 Å². The van der Waals surface area contributed by atoms with Crippen LogP contribution < -0.4 is 5.32 Å². The molecule has 1 fully saturated rings. The van der Waals surface area contributed by atoms with Crippen LogP contribution in [0, 0.1) is 0 Å². The maximum atomic E-state index is 3.63. The number of nitrogens with one attached hydrogen (secondary N) is 1. The summed E-state index contributed by atoms with van der Waals surface area (Å²) in [5, 5.41) is 3.63. The van der Waals surface area contributed by atoms with E-state index in [-0.39, 0.29) is 5.41 Å². The third-order valence-corrected chi connectivity index (χ3v) is 5.27. The molecule has 1 aromatic heterocycles. The average molecular weight is 280 g/mol. The molecule has 1 aliphatic rings. The van der Waals surface area contributed by atoms with Gasteiger partial charge in [0.25, 0.3) is 0 Å². The van der Waals surface area contributed by atoms with Crippen LogP contribution in [0.2, 0.25) is 0 Å². The molecule has 1 aliphatic heterocycles. The van der Waals surface area contributed by atoms with Crippen molar-refractivity contribution in [1.29, 1.82) is 0 Å². The summed E-state index contributed by atoms with van der Waals surface area (Å²) in [4.78, 5) is 5.44. The van der Waals surface area contributed by atoms with Crippen LogP contribution in [0.15, 0.2) is 12.1 Å². The largest absolute Gasteiger partial charge is 0.313 e. The van der Waals surface area contributed by atoms with E-state index in [1.165, 1.54) is 42.1 Å². The molecular formula is C16H28N2S. The van der Waals surface area contributed by atoms with Gasteiger partial charge in [0, 0.05) is 28.9 Å². The molecule has 2 nitrogen and oxygen atoms in total. The topological polar surface area (TPSA) is 15.3 Å². The lowest BCUT2D eigenvalue weighted by atomic mass is 9.95. The smallest absolute Gasteiger partial charge is 0.0325 e. The molecule has 0 bridgehead atoms. The Labute approximate surface area is 122 Å². The molecule has 0 radical (unpaired) electrons. The monoisotopic (exact) mass is 280 g/mol. The Morgan fingerprint density at radius 1 is 1.32 bits per heavy atom. The molecule has 108 valence electrons. The van der Waals surface area contributed by atoms with E-state index in [1.807, 2.05) is 11.3 Å². The van der Waals surface area contributed by atoms with E-state index in [2.05, 4.69) is 50.2 Å². The molecule has 0 spiro atoms. The summed E-state index contributed by atoms with van der Waals surface area (Å²) >= 11 is 1.97. The van der Waals surface area contributed by atoms with Crippen LogP contribution >= 0.6 is 11.3 Å². The highest BCUT2D eigenvalue weighted by molar-refractivity contribution is 7.12. The van der Waals surface area contributed by atoms with Crippen LogP contribution in [0.25, 0.3) is 0 Å². The average Bonchev–Trinajstić information content (AvgIpc) is 2.78. The fraction of sp³-hybridized carbons (Fsp3) is 0.750. The normalized spacial score (nSPS) is 21.0. The van der Waals surface area contributed by atoms with Gasteiger partial charge in [-0.1, -0.05) is 27.2 Å². The molecule has 0 aromatic carbocycles. The van der Waals surface area contributed by atoms with Gasteiger partial charge in [-0.05, 0) is 44.0 Å². The zero-order valence-electron chi connectivity index (χ0n) is 12.8. The minimum absolute atomic E-state index is 0.284. The Hall–Kier alpha value is -0.380. The van der Waals surface area contributed by atoms with Gasteiger partial charge >= 0.3 is 0 Å². The van der Waals surface area contributed by atoms with Crippen LogP contribution in [-0.2, 0) is 12.0 Å². The van der Waals surface area contributed by atoms with Crippen molar-refractivity contribution in [2.45, 2.75) is 58.0 Å². The number of piperidine rings is 1. The lowest BCUT2D eigenvalue weighted by molar-refractivity contribution is 0.258. The van der Waals surface area contributed by atoms with Gasteiger partial charge in [-0.2, -0.15) is 0 Å². The van der Waals surface area contributed by atoms with Gasteiger partial charge in [0.15, 0.2) is 0 Å². The van der Waals surface area contributed by atoms with Gasteiger partial charge in [0.1, 0.15) is 0 Å². The van der Waals surface area contributed by atoms with E-state index in [0.717, 1.165) is 6.54 Å². The number of hydrogen-bond acceptors (Lipinski definition) is 3. The highest BCUT2D eigenvalue weighted by Crippen LogP contribution is 2.29. The quantitative estimate of drug-likeness (QED) is 0.906. The molecule has 1 aromatic rings. The minimum Gasteiger partial charge on any atom is -0.313 e. The summed E-state index contributed by atoms with van der Waals surface area (Å²) < 4.78 is 0. The van der Waals surface area contributed by atoms with Gasteiger partial charge in [0.2, 0.25) is 0 Å². The van der Waals surface area contributed by atoms with Crippen molar-refractivity contribution in [2.75, 3.05) is 20.1 Å². The molecule has 0 aliphatic carbocycles. The molecule has 0 saturated carbocycles. The zero-order chi connectivity index (χ0) is 13.9. The third-order valence-electron chi connectivity index (χ3n) is 3.77. The number of thiophene rings is 1. The number of rotatable bonds is 4. The minimum atomic E-state index is 0.284. The molecule has 2 heterocycles. The molecule has 1 unspecified atom stereocenters. The second kappa shape index (κ2) is 6.38. The van der Waals surface area contributed by atoms with E-state index < -0.39 is 0 Å². The molecule has 1 N–H and O–H groups in total. The molecule has 19 heavy (non-hydrogen) atoms. The lowest BCUT2D eigenvalue weighted by Gasteiger charge is -2.28. The molecule has 1 saturated heterocycles. The first-order valence-electron chi connectivity index (χ1n) is 7.46. The summed E-state index contributed by atoms with van der Waals surface area (Å²) in [5.74, 6) is 0. The zero-order valence-corrected chi connectivity index (χ0v) is 13.6. The molecule has 0 amide bonds. The molecular weight excluding hydrogens is 252 g/mol. The SMILES string of the molecule is CN(Cc1ccc(C(C)(C)C)s1)CC1CCCCN1. The van der Waals surface area contributed by atoms with Crippen molar-refractivity contribution in [3.63, 3.8) is 0 Å². The summed E-state index contributed by atoms with van der Waals surface area (Å²) in [6.07, 6.45) is 4.07. The first-order chi connectivity index (χ1) is 8.95. The number of nitrogens with zero attached hydrogens (tertiary/aromatic N) is 1. The Morgan fingerprint density at radius 3 is 2.68 bits per heavy atom. The van der Waals surface area contributed by atoms with Crippen molar-refractivity contribution in [1.82, 2.24) is 10.2 Å². The predicted molar refractivity (Wildman–Crippen MR) is 85.0 cm³/mol. The highest BCUT2D eigenvalue weighted by Gasteiger charge is 2.18. The first kappa shape index (κ1) is 15.0. The summed E-state index contributed by atoms with van der Waals surface area (Å²) in [5.41, 5.74) is 0.284. The Kier molecular flexibility index (Phi) is 5.04. The van der Waals surface area contributed by atoms with Crippen molar-refractivity contribution < 1.29 is 0 Å². The van der Waals surface area contributed by atoms with Gasteiger partial charge in [0.05, 0.1) is 0 Å². The molecule has 3 heteroatoms. The van der Waals surface area contributed by atoms with Gasteiger partial charge < -0.3 is 5.32 Å². The van der Waals surface area contributed by atoms with Crippen LogP contribution in [0.5, 0.6) is 0 Å². The van der Waals surface area contributed by atoms with Gasteiger partial charge in [-0.25, -0.2) is 0 Å². The van der Waals surface area contributed by atoms with Crippen molar-refractivity contribution in [3.05, 3.63) is 21.9 Å². The van der Waals surface area contributed by atoms with E-state index in [4.69, 9.17) is 0 Å². The lowest BCUT2D eigenvalue weighted by Crippen LogP contribution is -2.42. The van der Waals surface area contributed by atoms with E-state index >= 15 is 0 Å². The second-order valence-corrected chi connectivity index (χ2v) is 8.03. The number of likely N-dealkylation sites (N-methyl/N-ethyl adjacent to an activating group) is 1. The molecule has 2 rings (SSSR count). The van der Waals surface area contributed by atoms with E-state index in [1.54, 1.807) is 0 Å². The van der Waals surface area contributed by atoms with Crippen molar-refractivity contribution in [2.24, 2.45) is 0 Å². The van der Waals surface area contributed by atoms with Crippen LogP contribution in [0.1, 0.15) is 49.8 Å². The first-order valence-corrected chi connectivity index (χ1v) is 8.28.